The van der Waals surface area contributed by atoms with Crippen LogP contribution in [0.5, 0.6) is 0 Å². The molecule has 4 aromatic rings. The fraction of sp³-hybridized carbons (Fsp3) is 0.378. The molecule has 2 amide bonds. The number of aromatic nitrogens is 1. The van der Waals surface area contributed by atoms with Crippen LogP contribution in [0.2, 0.25) is 0 Å². The smallest absolute Gasteiger partial charge is 0.477 e. The van der Waals surface area contributed by atoms with Crippen LogP contribution in [0, 0.1) is 5.82 Å². The summed E-state index contributed by atoms with van der Waals surface area (Å²) in [7, 11) is 0. The number of piperazine rings is 1. The zero-order chi connectivity index (χ0) is 41.0. The van der Waals surface area contributed by atoms with Crippen molar-refractivity contribution in [1.82, 2.24) is 19.7 Å². The number of ether oxygens (including phenoxy) is 2. The fourth-order valence-electron chi connectivity index (χ4n) is 7.35. The van der Waals surface area contributed by atoms with E-state index in [1.54, 1.807) is 10.6 Å². The number of carbonyl (C=O) groups excluding carboxylic acids is 4. The number of rotatable bonds is 12. The Kier molecular flexibility index (Phi) is 10.7. The topological polar surface area (TPSA) is 211 Å². The largest absolute Gasteiger partial charge is 0.519 e. The summed E-state index contributed by atoms with van der Waals surface area (Å²) in [6.45, 7) is 3.83. The summed E-state index contributed by atoms with van der Waals surface area (Å²) < 4.78 is 38.5. The summed E-state index contributed by atoms with van der Waals surface area (Å²) in [6.07, 6.45) is 0.0973. The predicted molar refractivity (Wildman–Crippen MR) is 207 cm³/mol. The van der Waals surface area contributed by atoms with Gasteiger partial charge in [0.1, 0.15) is 35.1 Å². The van der Waals surface area contributed by atoms with Crippen molar-refractivity contribution < 1.29 is 51.8 Å². The molecule has 21 heteroatoms. The number of carboxylic acid groups (broad SMARTS) is 1. The van der Waals surface area contributed by atoms with E-state index in [1.165, 1.54) is 46.7 Å². The number of amides is 2. The first-order valence-corrected chi connectivity index (χ1v) is 20.8. The second-order valence-electron chi connectivity index (χ2n) is 13.8. The number of nitrogens with zero attached hydrogens (tertiary/aromatic N) is 4. The number of pyridine rings is 1. The molecule has 0 aliphatic carbocycles. The van der Waals surface area contributed by atoms with Crippen LogP contribution in [-0.2, 0) is 48.2 Å². The number of β-lactam (4-membered cyclic amide) rings is 1. The number of anilines is 1. The van der Waals surface area contributed by atoms with Gasteiger partial charge in [-0.25, -0.2) is 18.8 Å². The minimum Gasteiger partial charge on any atom is -0.477 e. The molecular formula is C37H34FN5O12S3. The number of carboxylic acids is 1. The molecule has 8 rings (SSSR count). The van der Waals surface area contributed by atoms with E-state index in [9.17, 15) is 38.7 Å². The molecule has 304 valence electrons. The Morgan fingerprint density at radius 1 is 1.03 bits per heavy atom. The lowest BCUT2D eigenvalue weighted by Crippen LogP contribution is -2.70. The Hall–Kier alpha value is -5.38. The van der Waals surface area contributed by atoms with E-state index < -0.39 is 58.9 Å². The van der Waals surface area contributed by atoms with Crippen LogP contribution in [0.15, 0.2) is 64.4 Å². The Morgan fingerprint density at radius 2 is 1.79 bits per heavy atom. The highest BCUT2D eigenvalue weighted by molar-refractivity contribution is 8.00. The van der Waals surface area contributed by atoms with Crippen LogP contribution >= 0.6 is 34.9 Å². The third-order valence-electron chi connectivity index (χ3n) is 10.1. The molecule has 0 radical (unpaired) electrons. The Bertz CT molecular complexity index is 2520. The zero-order valence-corrected chi connectivity index (χ0v) is 33.3. The van der Waals surface area contributed by atoms with E-state index >= 15 is 4.39 Å². The molecule has 3 atom stereocenters. The number of thioether (sulfide) groups is 2. The second-order valence-corrected chi connectivity index (χ2v) is 17.2. The van der Waals surface area contributed by atoms with Gasteiger partial charge < -0.3 is 38.2 Å². The molecule has 1 unspecified atom stereocenters. The van der Waals surface area contributed by atoms with Gasteiger partial charge in [-0.3, -0.25) is 29.0 Å². The van der Waals surface area contributed by atoms with Gasteiger partial charge in [0.15, 0.2) is 18.1 Å². The average Bonchev–Trinajstić information content (AvgIpc) is 3.83. The summed E-state index contributed by atoms with van der Waals surface area (Å²) in [5.41, 5.74) is -0.201. The SMILES string of the molecule is CC(=O)OCC1=C(C(=O)OCc2oc(=O)oc2CN2CCN(c3cc4c(cc3F)c(=O)c(C(=O)O)c3n4C(C)S3)CC2)N2C(=O)[C@@H](NC(=O)Cc3cccs3)[C@H]2SC1. The number of esters is 2. The van der Waals surface area contributed by atoms with Crippen molar-refractivity contribution in [1.29, 1.82) is 0 Å². The van der Waals surface area contributed by atoms with E-state index in [-0.39, 0.29) is 70.5 Å². The van der Waals surface area contributed by atoms with Crippen LogP contribution in [0.25, 0.3) is 10.9 Å². The van der Waals surface area contributed by atoms with Crippen LogP contribution in [-0.4, -0.2) is 99.2 Å². The molecule has 58 heavy (non-hydrogen) atoms. The Balaban J connectivity index is 0.926. The van der Waals surface area contributed by atoms with Crippen molar-refractivity contribution in [3.63, 3.8) is 0 Å². The van der Waals surface area contributed by atoms with Gasteiger partial charge in [0, 0.05) is 54.7 Å². The Morgan fingerprint density at radius 3 is 2.48 bits per heavy atom. The maximum Gasteiger partial charge on any atom is 0.519 e. The summed E-state index contributed by atoms with van der Waals surface area (Å²) in [5, 5.41) is 13.8. The highest BCUT2D eigenvalue weighted by atomic mass is 32.2. The highest BCUT2D eigenvalue weighted by Crippen LogP contribution is 2.47. The third-order valence-corrected chi connectivity index (χ3v) is 13.5. The molecule has 0 saturated carbocycles. The molecule has 1 aromatic carbocycles. The molecule has 2 fully saturated rings. The number of benzene rings is 1. The van der Waals surface area contributed by atoms with Gasteiger partial charge in [-0.15, -0.1) is 23.1 Å². The predicted octanol–water partition coefficient (Wildman–Crippen LogP) is 2.90. The monoisotopic (exact) mass is 855 g/mol. The van der Waals surface area contributed by atoms with E-state index in [0.29, 0.717) is 42.3 Å². The molecule has 2 N–H and O–H groups in total. The quantitative estimate of drug-likeness (QED) is 0.155. The van der Waals surface area contributed by atoms with Crippen molar-refractivity contribution in [3.05, 3.63) is 89.5 Å². The first kappa shape index (κ1) is 39.4. The minimum atomic E-state index is -1.36. The number of fused-ring (bicyclic) bond motifs is 4. The molecule has 0 spiro atoms. The number of carbonyl (C=O) groups is 5. The van der Waals surface area contributed by atoms with Crippen LogP contribution < -0.4 is 21.5 Å². The summed E-state index contributed by atoms with van der Waals surface area (Å²) in [4.78, 5) is 94.3. The molecule has 3 aromatic heterocycles. The first-order valence-electron chi connectivity index (χ1n) is 18.0. The van der Waals surface area contributed by atoms with E-state index in [2.05, 4.69) is 5.32 Å². The van der Waals surface area contributed by atoms with Gasteiger partial charge in [0.25, 0.3) is 5.91 Å². The first-order chi connectivity index (χ1) is 27.8. The highest BCUT2D eigenvalue weighted by Gasteiger charge is 2.54. The average molecular weight is 856 g/mol. The van der Waals surface area contributed by atoms with E-state index in [4.69, 9.17) is 18.3 Å². The molecule has 4 aliphatic rings. The number of hydrogen-bond acceptors (Lipinski definition) is 16. The van der Waals surface area contributed by atoms with Gasteiger partial charge in [-0.05, 0) is 30.5 Å². The van der Waals surface area contributed by atoms with Crippen LogP contribution in [0.4, 0.5) is 10.1 Å². The molecule has 4 aliphatic heterocycles. The molecule has 0 bridgehead atoms. The van der Waals surface area contributed by atoms with Gasteiger partial charge in [-0.2, -0.15) is 0 Å². The molecule has 17 nitrogen and oxygen atoms in total. The minimum absolute atomic E-state index is 0.00915. The number of hydrogen-bond donors (Lipinski definition) is 2. The van der Waals surface area contributed by atoms with E-state index in [0.717, 1.165) is 10.9 Å². The molecule has 2 saturated heterocycles. The van der Waals surface area contributed by atoms with Gasteiger partial charge in [0.2, 0.25) is 11.3 Å². The fourth-order valence-corrected chi connectivity index (χ4v) is 10.5. The standard InChI is InChI=1S/C37H34FN5O12S3/c1-17-42-23-12-24(22(38)11-21(23)31(46)28(35(48)49)33(42)58-17)41-7-5-40(6-8-41)13-25-26(55-37(51)54-25)15-53-36(50)30-19(14-52-18(2)44)16-57-34-29(32(47)43(30)34)39-27(45)10-20-4-3-9-56-20/h3-4,9,11-12,17,29,34H,5-8,10,13-16H2,1-2H3,(H,39,45)(H,48,49)/t17?,29-,34-/m1/s1. The Labute approximate surface area is 339 Å². The van der Waals surface area contributed by atoms with Crippen LogP contribution in [0.3, 0.4) is 0 Å². The summed E-state index contributed by atoms with van der Waals surface area (Å²) in [6, 6.07) is 5.41. The third kappa shape index (κ3) is 7.30. The molecule has 7 heterocycles. The summed E-state index contributed by atoms with van der Waals surface area (Å²) in [5.74, 6) is -5.22. The van der Waals surface area contributed by atoms with Crippen molar-refractivity contribution >= 4 is 81.2 Å². The number of thiophene rings is 1. The second kappa shape index (κ2) is 15.8. The van der Waals surface area contributed by atoms with Gasteiger partial charge in [0.05, 0.1) is 34.6 Å². The van der Waals surface area contributed by atoms with E-state index in [1.807, 2.05) is 34.2 Å². The lowest BCUT2D eigenvalue weighted by molar-refractivity contribution is -0.154. The van der Waals surface area contributed by atoms with Crippen molar-refractivity contribution in [2.75, 3.05) is 43.4 Å². The van der Waals surface area contributed by atoms with Gasteiger partial charge >= 0.3 is 23.7 Å². The summed E-state index contributed by atoms with van der Waals surface area (Å²) >= 11 is 3.97. The van der Waals surface area contributed by atoms with Gasteiger partial charge in [-0.1, -0.05) is 17.8 Å². The van der Waals surface area contributed by atoms with Crippen molar-refractivity contribution in [2.24, 2.45) is 0 Å². The number of aromatic carboxylic acids is 1. The number of nitrogens with one attached hydrogen (secondary N) is 1. The number of halogens is 1. The lowest BCUT2D eigenvalue weighted by Gasteiger charge is -2.49. The maximum atomic E-state index is 15.5. The molecular weight excluding hydrogens is 822 g/mol. The van der Waals surface area contributed by atoms with Crippen molar-refractivity contribution in [3.8, 4) is 0 Å². The normalized spacial score (nSPS) is 20.3. The van der Waals surface area contributed by atoms with Crippen molar-refractivity contribution in [2.45, 2.75) is 55.2 Å². The zero-order valence-electron chi connectivity index (χ0n) is 30.8. The van der Waals surface area contributed by atoms with Crippen LogP contribution in [0.1, 0.15) is 46.0 Å². The lowest BCUT2D eigenvalue weighted by atomic mass is 10.0. The maximum absolute atomic E-state index is 15.5.